The number of rotatable bonds is 4. The van der Waals surface area contributed by atoms with E-state index in [-0.39, 0.29) is 6.04 Å². The van der Waals surface area contributed by atoms with Gasteiger partial charge in [-0.15, -0.1) is 0 Å². The lowest BCUT2D eigenvalue weighted by atomic mass is 10.2. The molecule has 0 atom stereocenters. The van der Waals surface area contributed by atoms with E-state index in [0.717, 1.165) is 5.56 Å². The predicted octanol–water partition coefficient (Wildman–Crippen LogP) is 2.63. The van der Waals surface area contributed by atoms with Crippen LogP contribution in [-0.2, 0) is 6.54 Å². The summed E-state index contributed by atoms with van der Waals surface area (Å²) in [5.74, 6) is 0.331. The molecule has 1 aromatic rings. The standard InChI is InChI=1S/C12H18F3N3/c1-8(2)18(7-12(13,14)15)11-5-4-10(6-16)9(3)17-11/h4-5,8H,6-7,16H2,1-3H3. The molecule has 1 rings (SSSR count). The highest BCUT2D eigenvalue weighted by Crippen LogP contribution is 2.23. The van der Waals surface area contributed by atoms with Gasteiger partial charge < -0.3 is 10.6 Å². The molecule has 2 N–H and O–H groups in total. The van der Waals surface area contributed by atoms with Crippen LogP contribution in [0.1, 0.15) is 25.1 Å². The van der Waals surface area contributed by atoms with Crippen LogP contribution in [0.2, 0.25) is 0 Å². The summed E-state index contributed by atoms with van der Waals surface area (Å²) in [5, 5.41) is 0. The Morgan fingerprint density at radius 2 is 1.94 bits per heavy atom. The number of pyridine rings is 1. The van der Waals surface area contributed by atoms with E-state index in [9.17, 15) is 13.2 Å². The first kappa shape index (κ1) is 14.8. The summed E-state index contributed by atoms with van der Waals surface area (Å²) in [6.07, 6.45) is -4.24. The van der Waals surface area contributed by atoms with Crippen molar-refractivity contribution in [1.82, 2.24) is 4.98 Å². The third-order valence-corrected chi connectivity index (χ3v) is 2.67. The molecule has 3 nitrogen and oxygen atoms in total. The number of aromatic nitrogens is 1. The Bertz CT molecular complexity index is 402. The van der Waals surface area contributed by atoms with E-state index in [4.69, 9.17) is 5.73 Å². The van der Waals surface area contributed by atoms with Gasteiger partial charge in [0.2, 0.25) is 0 Å². The Hall–Kier alpha value is -1.30. The fourth-order valence-electron chi connectivity index (χ4n) is 1.67. The molecule has 1 heterocycles. The van der Waals surface area contributed by atoms with Gasteiger partial charge in [0.05, 0.1) is 0 Å². The molecule has 0 spiro atoms. The number of hydrogen-bond donors (Lipinski definition) is 1. The zero-order valence-electron chi connectivity index (χ0n) is 10.8. The van der Waals surface area contributed by atoms with Crippen LogP contribution in [0.4, 0.5) is 19.0 Å². The first-order valence-corrected chi connectivity index (χ1v) is 5.74. The minimum absolute atomic E-state index is 0.276. The molecular weight excluding hydrogens is 243 g/mol. The highest BCUT2D eigenvalue weighted by atomic mass is 19.4. The number of nitrogens with zero attached hydrogens (tertiary/aromatic N) is 2. The van der Waals surface area contributed by atoms with Gasteiger partial charge in [0, 0.05) is 18.3 Å². The molecule has 6 heteroatoms. The van der Waals surface area contributed by atoms with E-state index >= 15 is 0 Å². The topological polar surface area (TPSA) is 42.2 Å². The third kappa shape index (κ3) is 3.87. The average Bonchev–Trinajstić information content (AvgIpc) is 2.24. The van der Waals surface area contributed by atoms with Crippen LogP contribution >= 0.6 is 0 Å². The van der Waals surface area contributed by atoms with Gasteiger partial charge in [0.1, 0.15) is 12.4 Å². The summed E-state index contributed by atoms with van der Waals surface area (Å²) in [7, 11) is 0. The van der Waals surface area contributed by atoms with E-state index in [2.05, 4.69) is 4.98 Å². The Labute approximate surface area is 105 Å². The van der Waals surface area contributed by atoms with Crippen molar-refractivity contribution < 1.29 is 13.2 Å². The van der Waals surface area contributed by atoms with Gasteiger partial charge in [-0.3, -0.25) is 0 Å². The average molecular weight is 261 g/mol. The summed E-state index contributed by atoms with van der Waals surface area (Å²) < 4.78 is 37.5. The Morgan fingerprint density at radius 1 is 1.33 bits per heavy atom. The normalized spacial score (nSPS) is 12.0. The van der Waals surface area contributed by atoms with Crippen LogP contribution < -0.4 is 10.6 Å². The van der Waals surface area contributed by atoms with Gasteiger partial charge in [0.15, 0.2) is 0 Å². The summed E-state index contributed by atoms with van der Waals surface area (Å²) >= 11 is 0. The molecule has 102 valence electrons. The number of anilines is 1. The lowest BCUT2D eigenvalue weighted by Gasteiger charge is -2.29. The maximum absolute atomic E-state index is 12.5. The molecule has 0 aromatic carbocycles. The predicted molar refractivity (Wildman–Crippen MR) is 65.4 cm³/mol. The fourth-order valence-corrected chi connectivity index (χ4v) is 1.67. The van der Waals surface area contributed by atoms with Crippen LogP contribution in [0.3, 0.4) is 0 Å². The zero-order valence-corrected chi connectivity index (χ0v) is 10.8. The van der Waals surface area contributed by atoms with Crippen molar-refractivity contribution in [2.45, 2.75) is 39.5 Å². The molecule has 0 saturated carbocycles. The fraction of sp³-hybridized carbons (Fsp3) is 0.583. The van der Waals surface area contributed by atoms with E-state index in [1.165, 1.54) is 4.90 Å². The summed E-state index contributed by atoms with van der Waals surface area (Å²) in [5.41, 5.74) is 7.02. The van der Waals surface area contributed by atoms with Crippen molar-refractivity contribution in [1.29, 1.82) is 0 Å². The first-order valence-electron chi connectivity index (χ1n) is 5.74. The van der Waals surface area contributed by atoms with E-state index < -0.39 is 12.7 Å². The van der Waals surface area contributed by atoms with Crippen molar-refractivity contribution in [3.8, 4) is 0 Å². The largest absolute Gasteiger partial charge is 0.405 e. The third-order valence-electron chi connectivity index (χ3n) is 2.67. The van der Waals surface area contributed by atoms with Gasteiger partial charge in [0.25, 0.3) is 0 Å². The van der Waals surface area contributed by atoms with E-state index in [1.54, 1.807) is 32.9 Å². The van der Waals surface area contributed by atoms with Crippen LogP contribution in [0, 0.1) is 6.92 Å². The van der Waals surface area contributed by atoms with Crippen molar-refractivity contribution in [2.75, 3.05) is 11.4 Å². The number of alkyl halides is 3. The Kier molecular flexibility index (Phi) is 4.56. The van der Waals surface area contributed by atoms with Gasteiger partial charge in [-0.1, -0.05) is 6.07 Å². The molecule has 0 aliphatic carbocycles. The Balaban J connectivity index is 3.03. The number of hydrogen-bond acceptors (Lipinski definition) is 3. The molecule has 0 aliphatic rings. The van der Waals surface area contributed by atoms with Crippen LogP contribution in [-0.4, -0.2) is 23.7 Å². The number of nitrogens with two attached hydrogens (primary N) is 1. The van der Waals surface area contributed by atoms with Crippen molar-refractivity contribution in [3.05, 3.63) is 23.4 Å². The SMILES string of the molecule is Cc1nc(N(CC(F)(F)F)C(C)C)ccc1CN. The van der Waals surface area contributed by atoms with E-state index in [1.807, 2.05) is 0 Å². The summed E-state index contributed by atoms with van der Waals surface area (Å²) in [6, 6.07) is 3.03. The molecule has 0 amide bonds. The van der Waals surface area contributed by atoms with Crippen molar-refractivity contribution in [2.24, 2.45) is 5.73 Å². The molecule has 0 unspecified atom stereocenters. The van der Waals surface area contributed by atoms with Crippen LogP contribution in [0.15, 0.2) is 12.1 Å². The second-order valence-corrected chi connectivity index (χ2v) is 4.45. The molecule has 0 radical (unpaired) electrons. The van der Waals surface area contributed by atoms with Gasteiger partial charge in [-0.05, 0) is 32.4 Å². The monoisotopic (exact) mass is 261 g/mol. The van der Waals surface area contributed by atoms with Gasteiger partial charge in [-0.25, -0.2) is 4.98 Å². The summed E-state index contributed by atoms with van der Waals surface area (Å²) in [6.45, 7) is 4.50. The zero-order chi connectivity index (χ0) is 13.9. The van der Waals surface area contributed by atoms with E-state index in [0.29, 0.717) is 18.1 Å². The van der Waals surface area contributed by atoms with Crippen LogP contribution in [0.5, 0.6) is 0 Å². The van der Waals surface area contributed by atoms with Crippen molar-refractivity contribution in [3.63, 3.8) is 0 Å². The molecule has 0 fully saturated rings. The number of aryl methyl sites for hydroxylation is 1. The minimum Gasteiger partial charge on any atom is -0.345 e. The van der Waals surface area contributed by atoms with Crippen molar-refractivity contribution >= 4 is 5.82 Å². The highest BCUT2D eigenvalue weighted by molar-refractivity contribution is 5.42. The van der Waals surface area contributed by atoms with Crippen LogP contribution in [0.25, 0.3) is 0 Å². The molecule has 18 heavy (non-hydrogen) atoms. The first-order chi connectivity index (χ1) is 8.24. The molecule has 0 saturated heterocycles. The second kappa shape index (κ2) is 5.56. The lowest BCUT2D eigenvalue weighted by molar-refractivity contribution is -0.120. The lowest BCUT2D eigenvalue weighted by Crippen LogP contribution is -2.39. The summed E-state index contributed by atoms with van der Waals surface area (Å²) in [4.78, 5) is 5.43. The Morgan fingerprint density at radius 3 is 2.33 bits per heavy atom. The molecule has 1 aromatic heterocycles. The maximum Gasteiger partial charge on any atom is 0.405 e. The molecule has 0 aliphatic heterocycles. The highest BCUT2D eigenvalue weighted by Gasteiger charge is 2.32. The number of halogens is 3. The van der Waals surface area contributed by atoms with Gasteiger partial charge >= 0.3 is 6.18 Å². The molecular formula is C12H18F3N3. The quantitative estimate of drug-likeness (QED) is 0.906. The van der Waals surface area contributed by atoms with Gasteiger partial charge in [-0.2, -0.15) is 13.2 Å². The maximum atomic E-state index is 12.5. The minimum atomic E-state index is -4.24. The smallest absolute Gasteiger partial charge is 0.345 e. The second-order valence-electron chi connectivity index (χ2n) is 4.45. The molecule has 0 bridgehead atoms.